The van der Waals surface area contributed by atoms with Crippen molar-refractivity contribution >= 4 is 45.5 Å². The molecule has 0 bridgehead atoms. The number of ether oxygens (including phenoxy) is 1. The van der Waals surface area contributed by atoms with Crippen LogP contribution in [0.2, 0.25) is 0 Å². The number of amides is 4. The predicted molar refractivity (Wildman–Crippen MR) is 103 cm³/mol. The maximum absolute atomic E-state index is 12.2. The second-order valence-corrected chi connectivity index (χ2v) is 6.74. The van der Waals surface area contributed by atoms with E-state index in [-0.39, 0.29) is 11.1 Å². The third kappa shape index (κ3) is 4.49. The number of fused-ring (bicyclic) bond motifs is 1. The average molecular weight is 460 g/mol. The summed E-state index contributed by atoms with van der Waals surface area (Å²) in [6.45, 7) is -1.32. The van der Waals surface area contributed by atoms with Crippen LogP contribution in [0.4, 0.5) is 0 Å². The molecule has 0 saturated carbocycles. The van der Waals surface area contributed by atoms with Gasteiger partial charge in [-0.15, -0.1) is 0 Å². The molecule has 3 rings (SSSR count). The van der Waals surface area contributed by atoms with Crippen LogP contribution in [0.5, 0.6) is 0 Å². The van der Waals surface area contributed by atoms with E-state index < -0.39 is 42.7 Å². The van der Waals surface area contributed by atoms with E-state index in [9.17, 15) is 24.0 Å². The Kier molecular flexibility index (Phi) is 6.03. The monoisotopic (exact) mass is 459 g/mol. The number of carbonyl (C=O) groups is 5. The molecule has 0 saturated heterocycles. The Labute approximate surface area is 173 Å². The van der Waals surface area contributed by atoms with Crippen LogP contribution < -0.4 is 10.9 Å². The van der Waals surface area contributed by atoms with E-state index in [2.05, 4.69) is 26.8 Å². The van der Waals surface area contributed by atoms with Crippen LogP contribution in [0, 0.1) is 0 Å². The van der Waals surface area contributed by atoms with Crippen molar-refractivity contribution in [2.45, 2.75) is 0 Å². The fraction of sp³-hybridized carbons (Fsp3) is 0.105. The highest BCUT2D eigenvalue weighted by atomic mass is 79.9. The summed E-state index contributed by atoms with van der Waals surface area (Å²) in [4.78, 5) is 60.8. The summed E-state index contributed by atoms with van der Waals surface area (Å²) in [5.74, 6) is -3.50. The van der Waals surface area contributed by atoms with Gasteiger partial charge in [-0.3, -0.25) is 39.7 Å². The minimum absolute atomic E-state index is 0.206. The summed E-state index contributed by atoms with van der Waals surface area (Å²) in [5.41, 5.74) is 5.00. The molecule has 2 aromatic carbocycles. The molecule has 148 valence electrons. The zero-order valence-electron chi connectivity index (χ0n) is 14.8. The average Bonchev–Trinajstić information content (AvgIpc) is 2.96. The number of carbonyl (C=O) groups excluding carboxylic acids is 5. The molecule has 4 amide bonds. The predicted octanol–water partition coefficient (Wildman–Crippen LogP) is 1.05. The highest BCUT2D eigenvalue weighted by molar-refractivity contribution is 9.10. The third-order valence-electron chi connectivity index (χ3n) is 3.96. The summed E-state index contributed by atoms with van der Waals surface area (Å²) < 4.78 is 5.31. The first-order valence-corrected chi connectivity index (χ1v) is 9.12. The topological polar surface area (TPSA) is 122 Å². The minimum Gasteiger partial charge on any atom is -0.454 e. The summed E-state index contributed by atoms with van der Waals surface area (Å²) >= 11 is 3.21. The number of imide groups is 1. The molecule has 1 aliphatic rings. The van der Waals surface area contributed by atoms with Crippen LogP contribution >= 0.6 is 15.9 Å². The van der Waals surface area contributed by atoms with Gasteiger partial charge in [-0.2, -0.15) is 0 Å². The van der Waals surface area contributed by atoms with Gasteiger partial charge in [0.05, 0.1) is 16.7 Å². The molecule has 1 aliphatic heterocycles. The number of halogens is 1. The first-order chi connectivity index (χ1) is 13.9. The van der Waals surface area contributed by atoms with Gasteiger partial charge in [-0.05, 0) is 40.2 Å². The van der Waals surface area contributed by atoms with Crippen molar-refractivity contribution < 1.29 is 28.7 Å². The van der Waals surface area contributed by atoms with E-state index in [0.29, 0.717) is 10.0 Å². The molecule has 0 radical (unpaired) electrons. The third-order valence-corrected chi connectivity index (χ3v) is 4.66. The van der Waals surface area contributed by atoms with E-state index in [1.807, 2.05) is 0 Å². The zero-order valence-corrected chi connectivity index (χ0v) is 16.4. The van der Waals surface area contributed by atoms with Crippen LogP contribution in [0.3, 0.4) is 0 Å². The Balaban J connectivity index is 1.46. The zero-order chi connectivity index (χ0) is 21.0. The lowest BCUT2D eigenvalue weighted by Crippen LogP contribution is -2.44. The van der Waals surface area contributed by atoms with Gasteiger partial charge in [-0.25, -0.2) is 0 Å². The van der Waals surface area contributed by atoms with Crippen LogP contribution in [-0.2, 0) is 14.3 Å². The van der Waals surface area contributed by atoms with Gasteiger partial charge < -0.3 is 4.74 Å². The molecule has 0 fully saturated rings. The van der Waals surface area contributed by atoms with Crippen molar-refractivity contribution in [1.82, 2.24) is 15.8 Å². The lowest BCUT2D eigenvalue weighted by molar-refractivity contribution is -0.148. The summed E-state index contributed by atoms with van der Waals surface area (Å²) in [7, 11) is 0. The molecule has 1 heterocycles. The van der Waals surface area contributed by atoms with Crippen molar-refractivity contribution in [2.75, 3.05) is 13.2 Å². The number of hydrogen-bond donors (Lipinski definition) is 2. The Morgan fingerprint density at radius 3 is 2.10 bits per heavy atom. The van der Waals surface area contributed by atoms with Gasteiger partial charge in [0.25, 0.3) is 23.6 Å². The smallest absolute Gasteiger partial charge is 0.326 e. The van der Waals surface area contributed by atoms with Crippen LogP contribution in [0.1, 0.15) is 31.1 Å². The maximum atomic E-state index is 12.2. The van der Waals surface area contributed by atoms with Gasteiger partial charge in [0.1, 0.15) is 6.54 Å². The van der Waals surface area contributed by atoms with Crippen molar-refractivity contribution in [3.8, 4) is 0 Å². The minimum atomic E-state index is -0.938. The molecule has 2 aromatic rings. The van der Waals surface area contributed by atoms with E-state index >= 15 is 0 Å². The fourth-order valence-electron chi connectivity index (χ4n) is 2.58. The van der Waals surface area contributed by atoms with Crippen molar-refractivity contribution in [2.24, 2.45) is 0 Å². The second-order valence-electron chi connectivity index (χ2n) is 5.88. The van der Waals surface area contributed by atoms with Gasteiger partial charge in [0.2, 0.25) is 0 Å². The Morgan fingerprint density at radius 2 is 1.48 bits per heavy atom. The fourth-order valence-corrected chi connectivity index (χ4v) is 3.04. The number of hydrazine groups is 1. The number of esters is 1. The maximum Gasteiger partial charge on any atom is 0.326 e. The summed E-state index contributed by atoms with van der Waals surface area (Å²) in [6, 6.07) is 12.8. The van der Waals surface area contributed by atoms with E-state index in [1.165, 1.54) is 12.1 Å². The van der Waals surface area contributed by atoms with E-state index in [0.717, 1.165) is 4.90 Å². The van der Waals surface area contributed by atoms with Crippen molar-refractivity contribution in [3.63, 3.8) is 0 Å². The Bertz CT molecular complexity index is 988. The standard InChI is InChI=1S/C19H14BrN3O6/c20-14-8-4-3-7-13(14)17(26)22-21-15(24)10-29-16(25)9-23-18(27)11-5-1-2-6-12(11)19(23)28/h1-8H,9-10H2,(H,21,24)(H,22,26). The lowest BCUT2D eigenvalue weighted by Gasteiger charge is -2.13. The molecule has 10 heteroatoms. The largest absolute Gasteiger partial charge is 0.454 e. The molecular formula is C19H14BrN3O6. The highest BCUT2D eigenvalue weighted by Crippen LogP contribution is 2.22. The first kappa shape index (κ1) is 20.2. The molecule has 0 aliphatic carbocycles. The molecule has 0 aromatic heterocycles. The van der Waals surface area contributed by atoms with Crippen LogP contribution in [-0.4, -0.2) is 47.6 Å². The summed E-state index contributed by atoms with van der Waals surface area (Å²) in [5, 5.41) is 0. The van der Waals surface area contributed by atoms with Crippen molar-refractivity contribution in [1.29, 1.82) is 0 Å². The van der Waals surface area contributed by atoms with Crippen LogP contribution in [0.25, 0.3) is 0 Å². The molecule has 29 heavy (non-hydrogen) atoms. The number of rotatable bonds is 5. The molecule has 0 spiro atoms. The van der Waals surface area contributed by atoms with Gasteiger partial charge in [0.15, 0.2) is 6.61 Å². The SMILES string of the molecule is O=C(COC(=O)CN1C(=O)c2ccccc2C1=O)NNC(=O)c1ccccc1Br. The highest BCUT2D eigenvalue weighted by Gasteiger charge is 2.36. The number of nitrogens with one attached hydrogen (secondary N) is 2. The lowest BCUT2D eigenvalue weighted by atomic mass is 10.1. The Hall–Kier alpha value is -3.53. The van der Waals surface area contributed by atoms with Crippen molar-refractivity contribution in [3.05, 3.63) is 69.7 Å². The Morgan fingerprint density at radius 1 is 0.897 bits per heavy atom. The van der Waals surface area contributed by atoms with Gasteiger partial charge in [-0.1, -0.05) is 24.3 Å². The quantitative estimate of drug-likeness (QED) is 0.391. The van der Waals surface area contributed by atoms with Gasteiger partial charge >= 0.3 is 5.97 Å². The normalized spacial score (nSPS) is 12.4. The van der Waals surface area contributed by atoms with E-state index in [4.69, 9.17) is 4.74 Å². The number of nitrogens with zero attached hydrogens (tertiary/aromatic N) is 1. The molecule has 0 unspecified atom stereocenters. The summed E-state index contributed by atoms with van der Waals surface area (Å²) in [6.07, 6.45) is 0. The second kappa shape index (κ2) is 8.65. The molecule has 2 N–H and O–H groups in total. The molecule has 0 atom stereocenters. The molecule has 9 nitrogen and oxygen atoms in total. The molecular weight excluding hydrogens is 446 g/mol. The first-order valence-electron chi connectivity index (χ1n) is 8.33. The van der Waals surface area contributed by atoms with Gasteiger partial charge in [0, 0.05) is 4.47 Å². The van der Waals surface area contributed by atoms with Crippen LogP contribution in [0.15, 0.2) is 53.0 Å². The van der Waals surface area contributed by atoms with E-state index in [1.54, 1.807) is 36.4 Å². The number of benzene rings is 2. The number of hydrogen-bond acceptors (Lipinski definition) is 6.